The predicted octanol–water partition coefficient (Wildman–Crippen LogP) is 3.96. The summed E-state index contributed by atoms with van der Waals surface area (Å²) in [4.78, 5) is 38.0. The number of amides is 3. The Labute approximate surface area is 177 Å². The minimum Gasteiger partial charge on any atom is -0.376 e. The average molecular weight is 411 g/mol. The van der Waals surface area contributed by atoms with Gasteiger partial charge in [-0.1, -0.05) is 26.0 Å². The van der Waals surface area contributed by atoms with Gasteiger partial charge in [0.25, 0.3) is 5.91 Å². The molecule has 0 saturated carbocycles. The van der Waals surface area contributed by atoms with Gasteiger partial charge >= 0.3 is 0 Å². The molecule has 0 aromatic heterocycles. The van der Waals surface area contributed by atoms with E-state index in [0.717, 1.165) is 25.9 Å². The van der Waals surface area contributed by atoms with E-state index in [1.807, 2.05) is 11.0 Å². The van der Waals surface area contributed by atoms with Gasteiger partial charge in [0.1, 0.15) is 0 Å². The number of rotatable bonds is 10. The first kappa shape index (κ1) is 22.9. The summed E-state index contributed by atoms with van der Waals surface area (Å²) in [5.41, 5.74) is 2.51. The van der Waals surface area contributed by atoms with Crippen molar-refractivity contribution in [3.8, 4) is 0 Å². The van der Waals surface area contributed by atoms with E-state index in [1.54, 1.807) is 42.5 Å². The quantitative estimate of drug-likeness (QED) is 0.553. The molecular weight excluding hydrogens is 380 g/mol. The Morgan fingerprint density at radius 3 is 2.07 bits per heavy atom. The van der Waals surface area contributed by atoms with Crippen LogP contribution >= 0.6 is 0 Å². The van der Waals surface area contributed by atoms with E-state index < -0.39 is 0 Å². The van der Waals surface area contributed by atoms with Gasteiger partial charge < -0.3 is 20.9 Å². The zero-order chi connectivity index (χ0) is 21.9. The summed E-state index contributed by atoms with van der Waals surface area (Å²) in [5.74, 6) is -0.405. The van der Waals surface area contributed by atoms with Crippen LogP contribution in [0.1, 0.15) is 44.0 Å². The number of nitrogens with one attached hydrogen (secondary N) is 3. The molecule has 2 rings (SSSR count). The molecule has 0 heterocycles. The van der Waals surface area contributed by atoms with Crippen molar-refractivity contribution in [2.45, 2.75) is 33.6 Å². The molecule has 0 aliphatic heterocycles. The van der Waals surface area contributed by atoms with E-state index >= 15 is 0 Å². The summed E-state index contributed by atoms with van der Waals surface area (Å²) in [5, 5.41) is 8.52. The van der Waals surface area contributed by atoms with Crippen molar-refractivity contribution in [2.75, 3.05) is 35.6 Å². The molecule has 30 heavy (non-hydrogen) atoms. The summed E-state index contributed by atoms with van der Waals surface area (Å²) in [7, 11) is 0. The fraction of sp³-hybridized carbons (Fsp3) is 0.348. The molecule has 0 fully saturated rings. The minimum absolute atomic E-state index is 0.00147. The Bertz CT molecular complexity index is 876. The number of carbonyl (C=O) groups excluding carboxylic acids is 3. The molecule has 2 aromatic rings. The highest BCUT2D eigenvalue weighted by Gasteiger charge is 2.14. The van der Waals surface area contributed by atoms with Crippen molar-refractivity contribution in [3.63, 3.8) is 0 Å². The van der Waals surface area contributed by atoms with Crippen molar-refractivity contribution >= 4 is 34.8 Å². The third-order valence-electron chi connectivity index (χ3n) is 4.30. The van der Waals surface area contributed by atoms with Crippen molar-refractivity contribution in [1.29, 1.82) is 0 Å². The van der Waals surface area contributed by atoms with Crippen LogP contribution in [-0.4, -0.2) is 42.3 Å². The lowest BCUT2D eigenvalue weighted by Gasteiger charge is -2.21. The van der Waals surface area contributed by atoms with Gasteiger partial charge in [0, 0.05) is 42.6 Å². The van der Waals surface area contributed by atoms with Crippen LogP contribution in [0, 0.1) is 0 Å². The number of nitrogens with zero attached hydrogens (tertiary/aromatic N) is 1. The summed E-state index contributed by atoms with van der Waals surface area (Å²) in [6.07, 6.45) is 1.82. The zero-order valence-corrected chi connectivity index (χ0v) is 17.8. The van der Waals surface area contributed by atoms with Crippen molar-refractivity contribution in [1.82, 2.24) is 4.90 Å². The molecule has 0 atom stereocenters. The first-order valence-corrected chi connectivity index (χ1v) is 10.2. The van der Waals surface area contributed by atoms with Crippen LogP contribution in [0.4, 0.5) is 17.1 Å². The average Bonchev–Trinajstić information content (AvgIpc) is 2.71. The summed E-state index contributed by atoms with van der Waals surface area (Å²) in [6, 6.07) is 14.1. The van der Waals surface area contributed by atoms with Crippen LogP contribution in [-0.2, 0) is 9.59 Å². The molecule has 0 radical (unpaired) electrons. The Hall–Kier alpha value is -3.35. The topological polar surface area (TPSA) is 90.5 Å². The molecule has 0 bridgehead atoms. The Balaban J connectivity index is 1.96. The molecule has 160 valence electrons. The molecule has 7 heteroatoms. The van der Waals surface area contributed by atoms with E-state index in [0.29, 0.717) is 22.6 Å². The lowest BCUT2D eigenvalue weighted by atomic mass is 10.1. The molecule has 3 N–H and O–H groups in total. The van der Waals surface area contributed by atoms with Crippen molar-refractivity contribution < 1.29 is 14.4 Å². The van der Waals surface area contributed by atoms with Crippen LogP contribution in [0.15, 0.2) is 48.5 Å². The highest BCUT2D eigenvalue weighted by atomic mass is 16.2. The van der Waals surface area contributed by atoms with Gasteiger partial charge in [0.2, 0.25) is 11.8 Å². The second-order valence-corrected chi connectivity index (χ2v) is 7.04. The monoisotopic (exact) mass is 410 g/mol. The summed E-state index contributed by atoms with van der Waals surface area (Å²) < 4.78 is 0. The van der Waals surface area contributed by atoms with Crippen LogP contribution in [0.5, 0.6) is 0 Å². The maximum Gasteiger partial charge on any atom is 0.253 e. The molecule has 0 unspecified atom stereocenters. The van der Waals surface area contributed by atoms with E-state index in [9.17, 15) is 14.4 Å². The molecule has 0 spiro atoms. The van der Waals surface area contributed by atoms with Crippen LogP contribution < -0.4 is 16.0 Å². The molecule has 3 amide bonds. The number of carbonyl (C=O) groups is 3. The number of hydrogen-bond donors (Lipinski definition) is 3. The van der Waals surface area contributed by atoms with E-state index in [2.05, 4.69) is 29.8 Å². The van der Waals surface area contributed by atoms with E-state index in [4.69, 9.17) is 0 Å². The lowest BCUT2D eigenvalue weighted by molar-refractivity contribution is -0.115. The standard InChI is InChI=1S/C23H30N4O3/c1-4-12-27(13-5-2)23(30)18-8-6-9-19(14-18)24-16-22(29)26-21-11-7-10-20(15-21)25-17(3)28/h6-11,14-15,24H,4-5,12-13,16H2,1-3H3,(H,25,28)(H,26,29). The Kier molecular flexibility index (Phi) is 8.87. The number of benzene rings is 2. The van der Waals surface area contributed by atoms with Crippen molar-refractivity contribution in [2.24, 2.45) is 0 Å². The Morgan fingerprint density at radius 1 is 0.833 bits per heavy atom. The minimum atomic E-state index is -0.231. The smallest absolute Gasteiger partial charge is 0.253 e. The van der Waals surface area contributed by atoms with Gasteiger partial charge in [-0.3, -0.25) is 14.4 Å². The van der Waals surface area contributed by atoms with Crippen LogP contribution in [0.2, 0.25) is 0 Å². The van der Waals surface area contributed by atoms with E-state index in [1.165, 1.54) is 6.92 Å². The first-order valence-electron chi connectivity index (χ1n) is 10.2. The van der Waals surface area contributed by atoms with Gasteiger partial charge in [-0.05, 0) is 49.2 Å². The predicted molar refractivity (Wildman–Crippen MR) is 121 cm³/mol. The second-order valence-electron chi connectivity index (χ2n) is 7.04. The van der Waals surface area contributed by atoms with Gasteiger partial charge in [0.15, 0.2) is 0 Å². The van der Waals surface area contributed by atoms with Gasteiger partial charge in [0.05, 0.1) is 6.54 Å². The highest BCUT2D eigenvalue weighted by Crippen LogP contribution is 2.16. The normalized spacial score (nSPS) is 10.2. The maximum absolute atomic E-state index is 12.8. The lowest BCUT2D eigenvalue weighted by Crippen LogP contribution is -2.32. The van der Waals surface area contributed by atoms with Crippen LogP contribution in [0.3, 0.4) is 0 Å². The molecule has 7 nitrogen and oxygen atoms in total. The third-order valence-corrected chi connectivity index (χ3v) is 4.30. The fourth-order valence-electron chi connectivity index (χ4n) is 3.06. The molecule has 0 saturated heterocycles. The largest absolute Gasteiger partial charge is 0.376 e. The molecule has 0 aliphatic rings. The third kappa shape index (κ3) is 7.24. The number of hydrogen-bond acceptors (Lipinski definition) is 4. The van der Waals surface area contributed by atoms with Gasteiger partial charge in [-0.15, -0.1) is 0 Å². The highest BCUT2D eigenvalue weighted by molar-refractivity contribution is 5.97. The van der Waals surface area contributed by atoms with Crippen LogP contribution in [0.25, 0.3) is 0 Å². The van der Waals surface area contributed by atoms with E-state index in [-0.39, 0.29) is 24.3 Å². The number of anilines is 3. The molecule has 0 aliphatic carbocycles. The van der Waals surface area contributed by atoms with Gasteiger partial charge in [-0.2, -0.15) is 0 Å². The van der Waals surface area contributed by atoms with Crippen molar-refractivity contribution in [3.05, 3.63) is 54.1 Å². The summed E-state index contributed by atoms with van der Waals surface area (Å²) in [6.45, 7) is 7.04. The maximum atomic E-state index is 12.8. The SMILES string of the molecule is CCCN(CCC)C(=O)c1cccc(NCC(=O)Nc2cccc(NC(C)=O)c2)c1. The first-order chi connectivity index (χ1) is 14.4. The molecule has 2 aromatic carbocycles. The van der Waals surface area contributed by atoms with Gasteiger partial charge in [-0.25, -0.2) is 0 Å². The fourth-order valence-corrected chi connectivity index (χ4v) is 3.06. The molecular formula is C23H30N4O3. The zero-order valence-electron chi connectivity index (χ0n) is 17.8. The summed E-state index contributed by atoms with van der Waals surface area (Å²) >= 11 is 0. The second kappa shape index (κ2) is 11.6. The Morgan fingerprint density at radius 2 is 1.43 bits per heavy atom.